The Morgan fingerprint density at radius 2 is 1.60 bits per heavy atom. The van der Waals surface area contributed by atoms with E-state index in [1.807, 2.05) is 17.7 Å². The fraction of sp³-hybridized carbons (Fsp3) is 0.600. The average molecular weight is 275 g/mol. The highest BCUT2D eigenvalue weighted by atomic mass is 16.2. The predicted molar refractivity (Wildman–Crippen MR) is 79.2 cm³/mol. The number of rotatable bonds is 1. The Bertz CT molecular complexity index is 773. The summed E-state index contributed by atoms with van der Waals surface area (Å²) in [6.07, 6.45) is 6.17. The van der Waals surface area contributed by atoms with Crippen molar-refractivity contribution in [3.05, 3.63) is 32.6 Å². The van der Waals surface area contributed by atoms with Crippen molar-refractivity contribution in [1.82, 2.24) is 13.7 Å². The van der Waals surface area contributed by atoms with Crippen LogP contribution < -0.4 is 11.2 Å². The van der Waals surface area contributed by atoms with Gasteiger partial charge in [-0.3, -0.25) is 13.9 Å². The monoisotopic (exact) mass is 275 g/mol. The SMILES string of the molecule is Cn1c(=O)c2c(cc(C3CCCCC3)n2C)n(C)c1=O. The molecule has 108 valence electrons. The van der Waals surface area contributed by atoms with E-state index in [1.165, 1.54) is 49.4 Å². The largest absolute Gasteiger partial charge is 0.342 e. The predicted octanol–water partition coefficient (Wildman–Crippen LogP) is 1.62. The Hall–Kier alpha value is -1.78. The Balaban J connectivity index is 2.29. The second-order valence-corrected chi connectivity index (χ2v) is 5.90. The van der Waals surface area contributed by atoms with Crippen LogP contribution in [0.25, 0.3) is 11.0 Å². The molecule has 20 heavy (non-hydrogen) atoms. The molecule has 0 N–H and O–H groups in total. The van der Waals surface area contributed by atoms with Crippen LogP contribution in [0.4, 0.5) is 0 Å². The van der Waals surface area contributed by atoms with Crippen molar-refractivity contribution in [2.45, 2.75) is 38.0 Å². The van der Waals surface area contributed by atoms with Gasteiger partial charge in [0.1, 0.15) is 5.52 Å². The van der Waals surface area contributed by atoms with Crippen LogP contribution in [0.1, 0.15) is 43.7 Å². The highest BCUT2D eigenvalue weighted by molar-refractivity contribution is 5.76. The lowest BCUT2D eigenvalue weighted by atomic mass is 9.87. The third-order valence-corrected chi connectivity index (χ3v) is 4.72. The maximum atomic E-state index is 12.3. The molecule has 5 heteroatoms. The van der Waals surface area contributed by atoms with Crippen molar-refractivity contribution in [2.75, 3.05) is 0 Å². The molecule has 0 unspecified atom stereocenters. The topological polar surface area (TPSA) is 48.9 Å². The van der Waals surface area contributed by atoms with Crippen molar-refractivity contribution in [3.63, 3.8) is 0 Å². The second-order valence-electron chi connectivity index (χ2n) is 5.90. The summed E-state index contributed by atoms with van der Waals surface area (Å²) in [6, 6.07) is 2.04. The zero-order chi connectivity index (χ0) is 14.4. The summed E-state index contributed by atoms with van der Waals surface area (Å²) in [4.78, 5) is 24.4. The molecule has 0 saturated heterocycles. The van der Waals surface area contributed by atoms with Gasteiger partial charge in [0.15, 0.2) is 0 Å². The van der Waals surface area contributed by atoms with Crippen LogP contribution in [0.15, 0.2) is 15.7 Å². The van der Waals surface area contributed by atoms with Crippen LogP contribution in [0.5, 0.6) is 0 Å². The Morgan fingerprint density at radius 3 is 2.25 bits per heavy atom. The molecule has 0 bridgehead atoms. The maximum Gasteiger partial charge on any atom is 0.331 e. The van der Waals surface area contributed by atoms with Crippen LogP contribution in [-0.2, 0) is 21.1 Å². The van der Waals surface area contributed by atoms with Crippen LogP contribution in [0, 0.1) is 0 Å². The number of nitrogens with zero attached hydrogens (tertiary/aromatic N) is 3. The van der Waals surface area contributed by atoms with Gasteiger partial charge in [0.05, 0.1) is 5.52 Å². The van der Waals surface area contributed by atoms with Gasteiger partial charge < -0.3 is 4.57 Å². The summed E-state index contributed by atoms with van der Waals surface area (Å²) >= 11 is 0. The minimum Gasteiger partial charge on any atom is -0.342 e. The molecule has 5 nitrogen and oxygen atoms in total. The van der Waals surface area contributed by atoms with Gasteiger partial charge in [-0.05, 0) is 24.8 Å². The zero-order valence-electron chi connectivity index (χ0n) is 12.3. The smallest absolute Gasteiger partial charge is 0.331 e. The zero-order valence-corrected chi connectivity index (χ0v) is 12.3. The first-order valence-electron chi connectivity index (χ1n) is 7.27. The molecule has 0 aliphatic heterocycles. The highest BCUT2D eigenvalue weighted by Gasteiger charge is 2.22. The fourth-order valence-corrected chi connectivity index (χ4v) is 3.48. The third-order valence-electron chi connectivity index (χ3n) is 4.72. The first-order chi connectivity index (χ1) is 9.52. The van der Waals surface area contributed by atoms with E-state index < -0.39 is 0 Å². The van der Waals surface area contributed by atoms with Crippen molar-refractivity contribution in [1.29, 1.82) is 0 Å². The van der Waals surface area contributed by atoms with E-state index in [0.29, 0.717) is 11.4 Å². The number of aryl methyl sites for hydroxylation is 2. The Morgan fingerprint density at radius 1 is 0.950 bits per heavy atom. The van der Waals surface area contributed by atoms with Crippen molar-refractivity contribution >= 4 is 11.0 Å². The van der Waals surface area contributed by atoms with E-state index >= 15 is 0 Å². The number of hydrogen-bond donors (Lipinski definition) is 0. The number of aromatic nitrogens is 3. The molecule has 2 aromatic heterocycles. The lowest BCUT2D eigenvalue weighted by Gasteiger charge is -2.22. The number of fused-ring (bicyclic) bond motifs is 1. The van der Waals surface area contributed by atoms with E-state index in [9.17, 15) is 9.59 Å². The molecule has 1 aliphatic rings. The van der Waals surface area contributed by atoms with E-state index in [0.717, 1.165) is 5.52 Å². The van der Waals surface area contributed by atoms with E-state index in [-0.39, 0.29) is 11.2 Å². The van der Waals surface area contributed by atoms with Crippen LogP contribution in [0.2, 0.25) is 0 Å². The van der Waals surface area contributed by atoms with Crippen LogP contribution in [-0.4, -0.2) is 13.7 Å². The molecule has 0 atom stereocenters. The van der Waals surface area contributed by atoms with Gasteiger partial charge in [-0.1, -0.05) is 19.3 Å². The molecule has 0 amide bonds. The summed E-state index contributed by atoms with van der Waals surface area (Å²) in [5.41, 5.74) is 2.12. The lowest BCUT2D eigenvalue weighted by Crippen LogP contribution is -2.37. The molecule has 0 radical (unpaired) electrons. The molecular formula is C15H21N3O2. The molecule has 2 heterocycles. The Kier molecular flexibility index (Phi) is 3.07. The molecule has 0 aromatic carbocycles. The first kappa shape index (κ1) is 13.2. The lowest BCUT2D eigenvalue weighted by molar-refractivity contribution is 0.430. The van der Waals surface area contributed by atoms with Gasteiger partial charge in [-0.25, -0.2) is 4.79 Å². The minimum atomic E-state index is -0.261. The summed E-state index contributed by atoms with van der Waals surface area (Å²) in [6.45, 7) is 0. The quantitative estimate of drug-likeness (QED) is 0.794. The van der Waals surface area contributed by atoms with Gasteiger partial charge >= 0.3 is 5.69 Å². The first-order valence-corrected chi connectivity index (χ1v) is 7.27. The van der Waals surface area contributed by atoms with E-state index in [2.05, 4.69) is 0 Å². The molecule has 1 saturated carbocycles. The summed E-state index contributed by atoms with van der Waals surface area (Å²) in [5.74, 6) is 0.515. The minimum absolute atomic E-state index is 0.201. The van der Waals surface area contributed by atoms with Gasteiger partial charge in [0, 0.05) is 26.8 Å². The van der Waals surface area contributed by atoms with E-state index in [1.54, 1.807) is 11.6 Å². The molecule has 2 aromatic rings. The van der Waals surface area contributed by atoms with Crippen molar-refractivity contribution < 1.29 is 0 Å². The van der Waals surface area contributed by atoms with E-state index in [4.69, 9.17) is 0 Å². The maximum absolute atomic E-state index is 12.3. The van der Waals surface area contributed by atoms with Gasteiger partial charge in [0.25, 0.3) is 5.56 Å². The standard InChI is InChI=1S/C15H21N3O2/c1-16-11(10-7-5-4-6-8-10)9-12-13(16)14(19)18(3)15(20)17(12)2/h9-10H,4-8H2,1-3H3. The van der Waals surface area contributed by atoms with Crippen molar-refractivity contribution in [2.24, 2.45) is 21.1 Å². The van der Waals surface area contributed by atoms with Gasteiger partial charge in [-0.15, -0.1) is 0 Å². The number of hydrogen-bond acceptors (Lipinski definition) is 2. The molecule has 0 spiro atoms. The third kappa shape index (κ3) is 1.76. The average Bonchev–Trinajstić information content (AvgIpc) is 2.81. The summed E-state index contributed by atoms with van der Waals surface area (Å²) in [7, 11) is 5.21. The van der Waals surface area contributed by atoms with Crippen LogP contribution >= 0.6 is 0 Å². The summed E-state index contributed by atoms with van der Waals surface area (Å²) in [5, 5.41) is 0. The molecular weight excluding hydrogens is 254 g/mol. The molecule has 3 rings (SSSR count). The fourth-order valence-electron chi connectivity index (χ4n) is 3.48. The Labute approximate surface area is 117 Å². The molecule has 1 aliphatic carbocycles. The van der Waals surface area contributed by atoms with Crippen molar-refractivity contribution in [3.8, 4) is 0 Å². The molecule has 1 fully saturated rings. The summed E-state index contributed by atoms with van der Waals surface area (Å²) < 4.78 is 4.75. The van der Waals surface area contributed by atoms with Gasteiger partial charge in [-0.2, -0.15) is 0 Å². The van der Waals surface area contributed by atoms with Crippen LogP contribution in [0.3, 0.4) is 0 Å². The highest BCUT2D eigenvalue weighted by Crippen LogP contribution is 2.34. The normalized spacial score (nSPS) is 16.9. The van der Waals surface area contributed by atoms with Gasteiger partial charge in [0.2, 0.25) is 0 Å². The second kappa shape index (κ2) is 4.65.